The van der Waals surface area contributed by atoms with Gasteiger partial charge < -0.3 is 23.9 Å². The van der Waals surface area contributed by atoms with E-state index in [2.05, 4.69) is 41.7 Å². The van der Waals surface area contributed by atoms with Crippen molar-refractivity contribution in [1.82, 2.24) is 0 Å². The number of anilines is 2. The van der Waals surface area contributed by atoms with E-state index in [-0.39, 0.29) is 5.92 Å². The van der Waals surface area contributed by atoms with E-state index in [9.17, 15) is 0 Å². The van der Waals surface area contributed by atoms with Crippen LogP contribution < -0.4 is 19.5 Å². The molecule has 4 aromatic rings. The van der Waals surface area contributed by atoms with Crippen molar-refractivity contribution >= 4 is 22.1 Å². The van der Waals surface area contributed by atoms with Crippen molar-refractivity contribution in [2.75, 3.05) is 26.6 Å². The molecular formula is C24H21NO4. The molecule has 1 atom stereocenters. The maximum atomic E-state index is 5.59. The molecule has 0 aliphatic carbocycles. The van der Waals surface area contributed by atoms with Gasteiger partial charge in [-0.3, -0.25) is 0 Å². The molecule has 0 saturated heterocycles. The van der Waals surface area contributed by atoms with Crippen LogP contribution in [0.25, 0.3) is 10.8 Å². The van der Waals surface area contributed by atoms with Crippen molar-refractivity contribution in [3.63, 3.8) is 0 Å². The lowest BCUT2D eigenvalue weighted by atomic mass is 9.81. The van der Waals surface area contributed by atoms with E-state index in [1.54, 1.807) is 33.9 Å². The molecule has 0 amide bonds. The summed E-state index contributed by atoms with van der Waals surface area (Å²) in [6.07, 6.45) is 3.55. The summed E-state index contributed by atoms with van der Waals surface area (Å²) in [6, 6.07) is 16.7. The summed E-state index contributed by atoms with van der Waals surface area (Å²) in [6.45, 7) is 0. The third-order valence-electron chi connectivity index (χ3n) is 5.56. The van der Waals surface area contributed by atoms with Crippen molar-refractivity contribution in [3.05, 3.63) is 77.7 Å². The minimum atomic E-state index is -0.0293. The second-order valence-electron chi connectivity index (χ2n) is 7.01. The first-order chi connectivity index (χ1) is 14.2. The van der Waals surface area contributed by atoms with Crippen molar-refractivity contribution in [1.29, 1.82) is 0 Å². The molecule has 0 spiro atoms. The van der Waals surface area contributed by atoms with Gasteiger partial charge in [0.05, 0.1) is 39.0 Å². The molecule has 1 aliphatic heterocycles. The van der Waals surface area contributed by atoms with Crippen molar-refractivity contribution in [3.8, 4) is 17.2 Å². The van der Waals surface area contributed by atoms with Gasteiger partial charge in [-0.2, -0.15) is 0 Å². The van der Waals surface area contributed by atoms with Crippen LogP contribution in [0.4, 0.5) is 11.4 Å². The molecule has 1 unspecified atom stereocenters. The van der Waals surface area contributed by atoms with Gasteiger partial charge >= 0.3 is 0 Å². The Morgan fingerprint density at radius 3 is 2.31 bits per heavy atom. The fourth-order valence-corrected chi connectivity index (χ4v) is 4.23. The Morgan fingerprint density at radius 2 is 1.59 bits per heavy atom. The Kier molecular flexibility index (Phi) is 4.09. The molecule has 2 heterocycles. The maximum absolute atomic E-state index is 5.59. The van der Waals surface area contributed by atoms with Crippen molar-refractivity contribution < 1.29 is 18.6 Å². The number of benzene rings is 3. The van der Waals surface area contributed by atoms with Crippen LogP contribution in [0.15, 0.2) is 65.5 Å². The number of nitrogens with one attached hydrogen (secondary N) is 1. The monoisotopic (exact) mass is 387 g/mol. The molecule has 1 N–H and O–H groups in total. The number of methoxy groups -OCH3 is 3. The Hall–Kier alpha value is -3.60. The molecule has 3 aromatic carbocycles. The highest BCUT2D eigenvalue weighted by Gasteiger charge is 2.31. The van der Waals surface area contributed by atoms with Gasteiger partial charge in [-0.25, -0.2) is 0 Å². The highest BCUT2D eigenvalue weighted by molar-refractivity contribution is 5.99. The molecular weight excluding hydrogens is 366 g/mol. The van der Waals surface area contributed by atoms with E-state index in [0.717, 1.165) is 22.5 Å². The van der Waals surface area contributed by atoms with Gasteiger partial charge in [-0.05, 0) is 28.6 Å². The summed E-state index contributed by atoms with van der Waals surface area (Å²) in [5, 5.41) is 5.93. The minimum Gasteiger partial charge on any atom is -0.493 e. The van der Waals surface area contributed by atoms with Gasteiger partial charge in [0.1, 0.15) is 6.26 Å². The molecule has 0 saturated carbocycles. The molecule has 5 heteroatoms. The van der Waals surface area contributed by atoms with E-state index in [1.807, 2.05) is 12.1 Å². The largest absolute Gasteiger partial charge is 0.493 e. The van der Waals surface area contributed by atoms with E-state index in [0.29, 0.717) is 17.2 Å². The zero-order valence-electron chi connectivity index (χ0n) is 16.5. The van der Waals surface area contributed by atoms with Crippen LogP contribution in [0.1, 0.15) is 22.6 Å². The van der Waals surface area contributed by atoms with Gasteiger partial charge in [0, 0.05) is 16.9 Å². The predicted molar refractivity (Wildman–Crippen MR) is 113 cm³/mol. The summed E-state index contributed by atoms with van der Waals surface area (Å²) in [7, 11) is 4.88. The summed E-state index contributed by atoms with van der Waals surface area (Å²) < 4.78 is 22.3. The topological polar surface area (TPSA) is 52.9 Å². The molecule has 146 valence electrons. The zero-order valence-corrected chi connectivity index (χ0v) is 16.5. The molecule has 0 radical (unpaired) electrons. The minimum absolute atomic E-state index is 0.0293. The van der Waals surface area contributed by atoms with Gasteiger partial charge in [-0.1, -0.05) is 36.4 Å². The first-order valence-electron chi connectivity index (χ1n) is 9.39. The SMILES string of the molecule is COc1cc(C2c3cocc3Nc3c2ccc2ccccc32)cc(OC)c1OC. The number of hydrogen-bond acceptors (Lipinski definition) is 5. The first kappa shape index (κ1) is 17.5. The Labute approximate surface area is 168 Å². The lowest BCUT2D eigenvalue weighted by Crippen LogP contribution is -2.13. The molecule has 1 aromatic heterocycles. The van der Waals surface area contributed by atoms with E-state index in [4.69, 9.17) is 18.6 Å². The highest BCUT2D eigenvalue weighted by atomic mass is 16.5. The van der Waals surface area contributed by atoms with Crippen LogP contribution in [0.5, 0.6) is 17.2 Å². The number of furan rings is 1. The quantitative estimate of drug-likeness (QED) is 0.429. The standard InChI is InChI=1S/C24H21NO4/c1-26-20-10-15(11-21(27-2)24(20)28-3)22-17-9-8-14-6-4-5-7-16(14)23(17)25-19-13-29-12-18(19)22/h4-13,22,25H,1-3H3. The average Bonchev–Trinajstić information content (AvgIpc) is 3.24. The summed E-state index contributed by atoms with van der Waals surface area (Å²) in [5.41, 5.74) is 5.34. The van der Waals surface area contributed by atoms with Crippen LogP contribution in [-0.2, 0) is 0 Å². The molecule has 0 bridgehead atoms. The van der Waals surface area contributed by atoms with Gasteiger partial charge in [0.15, 0.2) is 11.5 Å². The van der Waals surface area contributed by atoms with Crippen molar-refractivity contribution in [2.45, 2.75) is 5.92 Å². The third-order valence-corrected chi connectivity index (χ3v) is 5.56. The normalized spacial score (nSPS) is 14.7. The number of fused-ring (bicyclic) bond motifs is 4. The van der Waals surface area contributed by atoms with E-state index >= 15 is 0 Å². The fraction of sp³-hybridized carbons (Fsp3) is 0.167. The van der Waals surface area contributed by atoms with Crippen LogP contribution >= 0.6 is 0 Å². The molecule has 29 heavy (non-hydrogen) atoms. The molecule has 0 fully saturated rings. The van der Waals surface area contributed by atoms with Crippen molar-refractivity contribution in [2.24, 2.45) is 0 Å². The van der Waals surface area contributed by atoms with E-state index < -0.39 is 0 Å². The summed E-state index contributed by atoms with van der Waals surface area (Å²) in [5.74, 6) is 1.82. The maximum Gasteiger partial charge on any atom is 0.203 e. The van der Waals surface area contributed by atoms with Gasteiger partial charge in [-0.15, -0.1) is 0 Å². The lowest BCUT2D eigenvalue weighted by molar-refractivity contribution is 0.323. The van der Waals surface area contributed by atoms with E-state index in [1.165, 1.54) is 16.3 Å². The Balaban J connectivity index is 1.78. The van der Waals surface area contributed by atoms with Gasteiger partial charge in [0.2, 0.25) is 5.75 Å². The average molecular weight is 387 g/mol. The second kappa shape index (κ2) is 6.78. The predicted octanol–water partition coefficient (Wildman–Crippen LogP) is 5.70. The highest BCUT2D eigenvalue weighted by Crippen LogP contribution is 2.50. The molecule has 1 aliphatic rings. The Morgan fingerprint density at radius 1 is 0.828 bits per heavy atom. The van der Waals surface area contributed by atoms with Crippen LogP contribution in [0.3, 0.4) is 0 Å². The van der Waals surface area contributed by atoms with Crippen LogP contribution in [-0.4, -0.2) is 21.3 Å². The third kappa shape index (κ3) is 2.62. The smallest absolute Gasteiger partial charge is 0.203 e. The molecule has 5 rings (SSSR count). The fourth-order valence-electron chi connectivity index (χ4n) is 4.23. The number of rotatable bonds is 4. The summed E-state index contributed by atoms with van der Waals surface area (Å²) >= 11 is 0. The Bertz CT molecular complexity index is 1190. The zero-order chi connectivity index (χ0) is 20.0. The molecule has 5 nitrogen and oxygen atoms in total. The van der Waals surface area contributed by atoms with Gasteiger partial charge in [0.25, 0.3) is 0 Å². The van der Waals surface area contributed by atoms with Crippen LogP contribution in [0.2, 0.25) is 0 Å². The second-order valence-corrected chi connectivity index (χ2v) is 7.01. The lowest BCUT2D eigenvalue weighted by Gasteiger charge is -2.29. The number of hydrogen-bond donors (Lipinski definition) is 1. The van der Waals surface area contributed by atoms with Crippen LogP contribution in [0, 0.1) is 0 Å². The number of ether oxygens (including phenoxy) is 3. The summed E-state index contributed by atoms with van der Waals surface area (Å²) in [4.78, 5) is 0. The first-order valence-corrected chi connectivity index (χ1v) is 9.39.